The summed E-state index contributed by atoms with van der Waals surface area (Å²) in [5.41, 5.74) is 0.761. The van der Waals surface area contributed by atoms with Gasteiger partial charge in [-0.1, -0.05) is 11.6 Å². The summed E-state index contributed by atoms with van der Waals surface area (Å²) in [6, 6.07) is 11.3. The minimum atomic E-state index is -3.76. The van der Waals surface area contributed by atoms with E-state index in [2.05, 4.69) is 15.5 Å². The van der Waals surface area contributed by atoms with Crippen LogP contribution in [0.15, 0.2) is 63.7 Å². The minimum Gasteiger partial charge on any atom is -0.322 e. The van der Waals surface area contributed by atoms with Crippen molar-refractivity contribution >= 4 is 45.0 Å². The highest BCUT2D eigenvalue weighted by Gasteiger charge is 2.22. The number of amides is 1. The van der Waals surface area contributed by atoms with Gasteiger partial charge in [0.15, 0.2) is 5.16 Å². The Balaban J connectivity index is 1.76. The maximum Gasteiger partial charge on any atom is 0.255 e. The first-order chi connectivity index (χ1) is 13.7. The molecule has 1 aromatic heterocycles. The standard InChI is InChI=1S/C18H18ClN5O3S2/c1-23(2)29(26,27)16-10-12(4-9-15(16)19)17(25)21-13-5-7-14(8-6-13)28-18-22-20-11-24(18)3/h4-11H,1-3H3,(H,21,25). The van der Waals surface area contributed by atoms with E-state index in [0.717, 1.165) is 14.4 Å². The van der Waals surface area contributed by atoms with Crippen molar-refractivity contribution in [1.29, 1.82) is 0 Å². The van der Waals surface area contributed by atoms with E-state index in [1.807, 2.05) is 19.2 Å². The third-order valence-electron chi connectivity index (χ3n) is 3.94. The Bertz CT molecular complexity index is 1140. The van der Waals surface area contributed by atoms with E-state index < -0.39 is 15.9 Å². The maximum atomic E-state index is 12.6. The molecule has 0 atom stereocenters. The Hall–Kier alpha value is -2.40. The van der Waals surface area contributed by atoms with Crippen molar-refractivity contribution in [2.24, 2.45) is 7.05 Å². The van der Waals surface area contributed by atoms with Gasteiger partial charge < -0.3 is 9.88 Å². The number of hydrogen-bond donors (Lipinski definition) is 1. The molecule has 1 N–H and O–H groups in total. The van der Waals surface area contributed by atoms with Crippen LogP contribution >= 0.6 is 23.4 Å². The fraction of sp³-hybridized carbons (Fsp3) is 0.167. The lowest BCUT2D eigenvalue weighted by molar-refractivity contribution is 0.102. The van der Waals surface area contributed by atoms with Crippen LogP contribution in [0.25, 0.3) is 0 Å². The molecule has 0 aliphatic rings. The molecule has 0 aliphatic heterocycles. The summed E-state index contributed by atoms with van der Waals surface area (Å²) < 4.78 is 27.6. The second-order valence-electron chi connectivity index (χ2n) is 6.24. The van der Waals surface area contributed by atoms with Crippen LogP contribution in [0, 0.1) is 0 Å². The van der Waals surface area contributed by atoms with Gasteiger partial charge in [-0.05, 0) is 54.2 Å². The topological polar surface area (TPSA) is 97.2 Å². The van der Waals surface area contributed by atoms with Crippen LogP contribution in [0.2, 0.25) is 5.02 Å². The number of hydrogen-bond acceptors (Lipinski definition) is 6. The normalized spacial score (nSPS) is 11.6. The Labute approximate surface area is 177 Å². The molecule has 0 spiro atoms. The monoisotopic (exact) mass is 451 g/mol. The number of nitrogens with zero attached hydrogens (tertiary/aromatic N) is 4. The van der Waals surface area contributed by atoms with E-state index in [1.165, 1.54) is 44.1 Å². The average Bonchev–Trinajstić information content (AvgIpc) is 3.08. The number of anilines is 1. The zero-order valence-electron chi connectivity index (χ0n) is 15.8. The van der Waals surface area contributed by atoms with E-state index >= 15 is 0 Å². The second-order valence-corrected chi connectivity index (χ2v) is 9.81. The van der Waals surface area contributed by atoms with Gasteiger partial charge in [-0.15, -0.1) is 10.2 Å². The quantitative estimate of drug-likeness (QED) is 0.618. The van der Waals surface area contributed by atoms with Crippen molar-refractivity contribution in [3.05, 3.63) is 59.4 Å². The largest absolute Gasteiger partial charge is 0.322 e. The molecule has 11 heteroatoms. The van der Waals surface area contributed by atoms with Crippen molar-refractivity contribution in [3.63, 3.8) is 0 Å². The van der Waals surface area contributed by atoms with E-state index in [9.17, 15) is 13.2 Å². The van der Waals surface area contributed by atoms with Gasteiger partial charge in [0.25, 0.3) is 5.91 Å². The van der Waals surface area contributed by atoms with Crippen molar-refractivity contribution in [1.82, 2.24) is 19.1 Å². The highest BCUT2D eigenvalue weighted by molar-refractivity contribution is 7.99. The summed E-state index contributed by atoms with van der Waals surface area (Å²) in [4.78, 5) is 13.4. The molecule has 29 heavy (non-hydrogen) atoms. The van der Waals surface area contributed by atoms with Gasteiger partial charge >= 0.3 is 0 Å². The van der Waals surface area contributed by atoms with Gasteiger partial charge in [0.2, 0.25) is 10.0 Å². The first-order valence-electron chi connectivity index (χ1n) is 8.34. The molecular formula is C18H18ClN5O3S2. The van der Waals surface area contributed by atoms with Crippen LogP contribution < -0.4 is 5.32 Å². The Kier molecular flexibility index (Phi) is 6.27. The third kappa shape index (κ3) is 4.78. The molecule has 0 radical (unpaired) electrons. The van der Waals surface area contributed by atoms with E-state index in [-0.39, 0.29) is 15.5 Å². The summed E-state index contributed by atoms with van der Waals surface area (Å²) in [5, 5.41) is 11.4. The third-order valence-corrected chi connectivity index (χ3v) is 7.30. The number of nitrogens with one attached hydrogen (secondary N) is 1. The Morgan fingerprint density at radius 3 is 2.45 bits per heavy atom. The molecule has 1 amide bonds. The summed E-state index contributed by atoms with van der Waals surface area (Å²) in [6.45, 7) is 0. The van der Waals surface area contributed by atoms with Crippen molar-refractivity contribution < 1.29 is 13.2 Å². The number of rotatable bonds is 6. The van der Waals surface area contributed by atoms with Crippen LogP contribution in [0.5, 0.6) is 0 Å². The van der Waals surface area contributed by atoms with Crippen LogP contribution in [-0.2, 0) is 17.1 Å². The molecule has 0 aliphatic carbocycles. The molecule has 0 saturated heterocycles. The smallest absolute Gasteiger partial charge is 0.255 e. The van der Waals surface area contributed by atoms with Gasteiger partial charge in [0, 0.05) is 37.3 Å². The highest BCUT2D eigenvalue weighted by atomic mass is 35.5. The molecule has 0 bridgehead atoms. The van der Waals surface area contributed by atoms with Crippen LogP contribution in [0.3, 0.4) is 0 Å². The molecule has 3 aromatic rings. The molecule has 8 nitrogen and oxygen atoms in total. The van der Waals surface area contributed by atoms with Gasteiger partial charge in [-0.3, -0.25) is 4.79 Å². The van der Waals surface area contributed by atoms with Gasteiger partial charge in [-0.2, -0.15) is 0 Å². The van der Waals surface area contributed by atoms with Crippen LogP contribution in [-0.4, -0.2) is 47.5 Å². The van der Waals surface area contributed by atoms with Crippen LogP contribution in [0.4, 0.5) is 5.69 Å². The molecular weight excluding hydrogens is 434 g/mol. The van der Waals surface area contributed by atoms with Crippen molar-refractivity contribution in [3.8, 4) is 0 Å². The molecule has 0 unspecified atom stereocenters. The highest BCUT2D eigenvalue weighted by Crippen LogP contribution is 2.27. The van der Waals surface area contributed by atoms with Gasteiger partial charge in [0.05, 0.1) is 5.02 Å². The number of carbonyl (C=O) groups is 1. The summed E-state index contributed by atoms with van der Waals surface area (Å²) >= 11 is 7.47. The molecule has 0 saturated carbocycles. The van der Waals surface area contributed by atoms with Crippen molar-refractivity contribution in [2.45, 2.75) is 14.9 Å². The molecule has 0 fully saturated rings. The maximum absolute atomic E-state index is 12.6. The zero-order valence-corrected chi connectivity index (χ0v) is 18.2. The molecule has 2 aromatic carbocycles. The number of benzene rings is 2. The van der Waals surface area contributed by atoms with E-state index in [1.54, 1.807) is 23.0 Å². The van der Waals surface area contributed by atoms with E-state index in [4.69, 9.17) is 11.6 Å². The Morgan fingerprint density at radius 2 is 1.86 bits per heavy atom. The SMILES string of the molecule is CN(C)S(=O)(=O)c1cc(C(=O)Nc2ccc(Sc3nncn3C)cc2)ccc1Cl. The lowest BCUT2D eigenvalue weighted by atomic mass is 10.2. The molecule has 3 rings (SSSR count). The fourth-order valence-electron chi connectivity index (χ4n) is 2.32. The summed E-state index contributed by atoms with van der Waals surface area (Å²) in [5.74, 6) is -0.439. The van der Waals surface area contributed by atoms with Gasteiger partial charge in [0.1, 0.15) is 11.2 Å². The first-order valence-corrected chi connectivity index (χ1v) is 11.0. The average molecular weight is 452 g/mol. The second kappa shape index (κ2) is 8.54. The number of sulfonamides is 1. The first kappa shape index (κ1) is 21.3. The number of carbonyl (C=O) groups excluding carboxylic acids is 1. The predicted molar refractivity (Wildman–Crippen MR) is 112 cm³/mol. The number of aromatic nitrogens is 3. The number of aryl methyl sites for hydroxylation is 1. The Morgan fingerprint density at radius 1 is 1.17 bits per heavy atom. The van der Waals surface area contributed by atoms with E-state index in [0.29, 0.717) is 5.69 Å². The van der Waals surface area contributed by atoms with Crippen LogP contribution in [0.1, 0.15) is 10.4 Å². The summed E-state index contributed by atoms with van der Waals surface area (Å²) in [6.07, 6.45) is 1.62. The lowest BCUT2D eigenvalue weighted by Gasteiger charge is -2.14. The fourth-order valence-corrected chi connectivity index (χ4v) is 4.47. The van der Waals surface area contributed by atoms with Gasteiger partial charge in [-0.25, -0.2) is 12.7 Å². The molecule has 152 valence electrons. The summed E-state index contributed by atoms with van der Waals surface area (Å²) in [7, 11) is 0.894. The zero-order chi connectivity index (χ0) is 21.2. The number of halogens is 1. The predicted octanol–water partition coefficient (Wildman–Crippen LogP) is 3.12. The lowest BCUT2D eigenvalue weighted by Crippen LogP contribution is -2.23. The van der Waals surface area contributed by atoms with Crippen molar-refractivity contribution in [2.75, 3.05) is 19.4 Å². The minimum absolute atomic E-state index is 0.0559. The molecule has 1 heterocycles.